The zero-order chi connectivity index (χ0) is 16.6. The maximum Gasteiger partial charge on any atom is 0.233 e. The molecule has 1 aliphatic heterocycles. The summed E-state index contributed by atoms with van der Waals surface area (Å²) >= 11 is 1.73. The number of rotatable bonds is 7. The van der Waals surface area contributed by atoms with Gasteiger partial charge in [-0.05, 0) is 42.8 Å². The lowest BCUT2D eigenvalue weighted by atomic mass is 10.1. The van der Waals surface area contributed by atoms with Gasteiger partial charge in [0.25, 0.3) is 0 Å². The molecule has 3 rings (SSSR count). The summed E-state index contributed by atoms with van der Waals surface area (Å²) in [5.74, 6) is 0.965. The van der Waals surface area contributed by atoms with Crippen LogP contribution in [0.1, 0.15) is 17.7 Å². The Morgan fingerprint density at radius 1 is 1.38 bits per heavy atom. The van der Waals surface area contributed by atoms with Gasteiger partial charge in [0.15, 0.2) is 5.82 Å². The van der Waals surface area contributed by atoms with Gasteiger partial charge in [0, 0.05) is 36.8 Å². The molecule has 2 N–H and O–H groups in total. The van der Waals surface area contributed by atoms with E-state index in [4.69, 9.17) is 0 Å². The van der Waals surface area contributed by atoms with Gasteiger partial charge >= 0.3 is 0 Å². The van der Waals surface area contributed by atoms with E-state index in [9.17, 15) is 4.79 Å². The molecule has 1 fully saturated rings. The Bertz CT molecular complexity index is 619. The van der Waals surface area contributed by atoms with Crippen molar-refractivity contribution in [2.24, 2.45) is 0 Å². The maximum absolute atomic E-state index is 12.0. The van der Waals surface area contributed by atoms with Crippen LogP contribution < -0.4 is 15.5 Å². The van der Waals surface area contributed by atoms with Crippen LogP contribution in [-0.4, -0.2) is 48.3 Å². The van der Waals surface area contributed by atoms with Crippen molar-refractivity contribution >= 4 is 23.1 Å². The molecule has 128 valence electrons. The average Bonchev–Trinajstić information content (AvgIpc) is 3.14. The monoisotopic (exact) mass is 345 g/mol. The summed E-state index contributed by atoms with van der Waals surface area (Å²) in [5, 5.41) is 16.5. The smallest absolute Gasteiger partial charge is 0.233 e. The third-order valence-electron chi connectivity index (χ3n) is 4.13. The number of anilines is 1. The van der Waals surface area contributed by atoms with Crippen LogP contribution in [0.5, 0.6) is 0 Å². The first-order valence-corrected chi connectivity index (χ1v) is 9.24. The van der Waals surface area contributed by atoms with E-state index in [1.165, 1.54) is 4.88 Å². The molecule has 24 heavy (non-hydrogen) atoms. The zero-order valence-electron chi connectivity index (χ0n) is 13.6. The molecule has 0 saturated carbocycles. The van der Waals surface area contributed by atoms with Gasteiger partial charge in [-0.2, -0.15) is 5.10 Å². The van der Waals surface area contributed by atoms with Crippen LogP contribution in [0.3, 0.4) is 0 Å². The van der Waals surface area contributed by atoms with Crippen LogP contribution in [-0.2, 0) is 11.2 Å². The summed E-state index contributed by atoms with van der Waals surface area (Å²) in [5.41, 5.74) is 0. The van der Waals surface area contributed by atoms with Crippen LogP contribution in [0.15, 0.2) is 35.8 Å². The summed E-state index contributed by atoms with van der Waals surface area (Å²) in [6.07, 6.45) is 4.75. The third-order valence-corrected chi connectivity index (χ3v) is 5.06. The first-order chi connectivity index (χ1) is 11.8. The minimum absolute atomic E-state index is 0.0585. The molecular weight excluding hydrogens is 322 g/mol. The second kappa shape index (κ2) is 8.75. The van der Waals surface area contributed by atoms with E-state index in [0.717, 1.165) is 38.2 Å². The number of aromatic nitrogens is 2. The lowest BCUT2D eigenvalue weighted by Gasteiger charge is -2.33. The highest BCUT2D eigenvalue weighted by molar-refractivity contribution is 7.09. The molecule has 0 unspecified atom stereocenters. The molecule has 1 atom stereocenters. The molecule has 2 aromatic heterocycles. The van der Waals surface area contributed by atoms with E-state index >= 15 is 0 Å². The first-order valence-electron chi connectivity index (χ1n) is 8.36. The molecule has 0 spiro atoms. The predicted octanol–water partition coefficient (Wildman–Crippen LogP) is 1.46. The van der Waals surface area contributed by atoms with Crippen molar-refractivity contribution in [2.75, 3.05) is 31.1 Å². The molecule has 2 aromatic rings. The largest absolute Gasteiger partial charge is 0.355 e. The number of thiophene rings is 1. The summed E-state index contributed by atoms with van der Waals surface area (Å²) in [6, 6.07) is 8.32. The molecule has 1 aliphatic rings. The topological polar surface area (TPSA) is 70.2 Å². The summed E-state index contributed by atoms with van der Waals surface area (Å²) in [7, 11) is 0. The van der Waals surface area contributed by atoms with Crippen molar-refractivity contribution in [3.05, 3.63) is 40.7 Å². The van der Waals surface area contributed by atoms with Crippen molar-refractivity contribution in [1.82, 2.24) is 20.8 Å². The Hall–Kier alpha value is -1.99. The van der Waals surface area contributed by atoms with Gasteiger partial charge < -0.3 is 15.5 Å². The number of carbonyl (C=O) groups excluding carboxylic acids is 1. The number of nitrogens with zero attached hydrogens (tertiary/aromatic N) is 3. The van der Waals surface area contributed by atoms with Gasteiger partial charge in [0.05, 0.1) is 6.54 Å². The maximum atomic E-state index is 12.0. The molecule has 0 radical (unpaired) electrons. The van der Waals surface area contributed by atoms with Crippen LogP contribution in [0.4, 0.5) is 5.82 Å². The quantitative estimate of drug-likeness (QED) is 0.795. The minimum Gasteiger partial charge on any atom is -0.355 e. The Morgan fingerprint density at radius 2 is 2.33 bits per heavy atom. The van der Waals surface area contributed by atoms with Crippen LogP contribution in [0.2, 0.25) is 0 Å². The number of amides is 1. The molecule has 0 aliphatic carbocycles. The number of hydrogen-bond donors (Lipinski definition) is 2. The van der Waals surface area contributed by atoms with Gasteiger partial charge in [0.2, 0.25) is 5.91 Å². The normalized spacial score (nSPS) is 17.7. The Morgan fingerprint density at radius 3 is 3.12 bits per heavy atom. The molecule has 3 heterocycles. The van der Waals surface area contributed by atoms with E-state index in [1.54, 1.807) is 17.5 Å². The molecule has 7 heteroatoms. The first kappa shape index (κ1) is 16.9. The number of nitrogens with one attached hydrogen (secondary N) is 2. The summed E-state index contributed by atoms with van der Waals surface area (Å²) in [4.78, 5) is 15.5. The van der Waals surface area contributed by atoms with Gasteiger partial charge in [-0.3, -0.25) is 4.79 Å². The van der Waals surface area contributed by atoms with Crippen LogP contribution >= 0.6 is 11.3 Å². The van der Waals surface area contributed by atoms with Crippen LogP contribution in [0, 0.1) is 0 Å². The summed E-state index contributed by atoms with van der Waals surface area (Å²) in [6.45, 7) is 2.91. The van der Waals surface area contributed by atoms with Crippen molar-refractivity contribution < 1.29 is 4.79 Å². The fraction of sp³-hybridized carbons (Fsp3) is 0.471. The highest BCUT2D eigenvalue weighted by Gasteiger charge is 2.21. The van der Waals surface area contributed by atoms with Crippen molar-refractivity contribution in [1.29, 1.82) is 0 Å². The average molecular weight is 345 g/mol. The van der Waals surface area contributed by atoms with Crippen molar-refractivity contribution in [3.8, 4) is 0 Å². The molecule has 0 aromatic carbocycles. The Balaban J connectivity index is 1.37. The molecule has 6 nitrogen and oxygen atoms in total. The van der Waals surface area contributed by atoms with Crippen molar-refractivity contribution in [3.63, 3.8) is 0 Å². The number of carbonyl (C=O) groups is 1. The van der Waals surface area contributed by atoms with E-state index in [2.05, 4.69) is 37.2 Å². The number of hydrogen-bond acceptors (Lipinski definition) is 6. The molecule has 1 saturated heterocycles. The zero-order valence-corrected chi connectivity index (χ0v) is 14.5. The van der Waals surface area contributed by atoms with E-state index in [0.29, 0.717) is 19.1 Å². The molecule has 1 amide bonds. The van der Waals surface area contributed by atoms with E-state index in [1.807, 2.05) is 18.2 Å². The fourth-order valence-electron chi connectivity index (χ4n) is 2.89. The SMILES string of the molecule is O=C(CN[C@H]1CCCN(c2cccnn2)C1)NCCc1cccs1. The van der Waals surface area contributed by atoms with Gasteiger partial charge in [0.1, 0.15) is 0 Å². The number of piperidine rings is 1. The summed E-state index contributed by atoms with van der Waals surface area (Å²) < 4.78 is 0. The fourth-order valence-corrected chi connectivity index (χ4v) is 3.60. The standard InChI is InChI=1S/C17H23N5OS/c23-17(18-9-7-15-5-3-11-24-15)12-19-14-4-2-10-22(13-14)16-6-1-8-20-21-16/h1,3,5-6,8,11,14,19H,2,4,7,9-10,12-13H2,(H,18,23)/t14-/m0/s1. The van der Waals surface area contributed by atoms with Crippen LogP contribution in [0.25, 0.3) is 0 Å². The van der Waals surface area contributed by atoms with E-state index in [-0.39, 0.29) is 5.91 Å². The lowest BCUT2D eigenvalue weighted by Crippen LogP contribution is -2.48. The van der Waals surface area contributed by atoms with E-state index < -0.39 is 0 Å². The highest BCUT2D eigenvalue weighted by Crippen LogP contribution is 2.16. The lowest BCUT2D eigenvalue weighted by molar-refractivity contribution is -0.120. The van der Waals surface area contributed by atoms with Gasteiger partial charge in [-0.25, -0.2) is 0 Å². The Kier molecular flexibility index (Phi) is 6.14. The predicted molar refractivity (Wildman–Crippen MR) is 96.3 cm³/mol. The molecular formula is C17H23N5OS. The highest BCUT2D eigenvalue weighted by atomic mass is 32.1. The minimum atomic E-state index is 0.0585. The second-order valence-corrected chi connectivity index (χ2v) is 6.96. The Labute approximate surface area is 146 Å². The second-order valence-electron chi connectivity index (χ2n) is 5.93. The molecule has 0 bridgehead atoms. The van der Waals surface area contributed by atoms with Gasteiger partial charge in [-0.1, -0.05) is 6.07 Å². The van der Waals surface area contributed by atoms with Crippen molar-refractivity contribution in [2.45, 2.75) is 25.3 Å². The third kappa shape index (κ3) is 5.01. The van der Waals surface area contributed by atoms with Gasteiger partial charge in [-0.15, -0.1) is 16.4 Å².